The summed E-state index contributed by atoms with van der Waals surface area (Å²) in [6.45, 7) is 3.89. The monoisotopic (exact) mass is 417 g/mol. The van der Waals surface area contributed by atoms with Crippen LogP contribution < -0.4 is 4.74 Å². The zero-order chi connectivity index (χ0) is 20.3. The molecule has 2 aliphatic carbocycles. The Kier molecular flexibility index (Phi) is 6.17. The number of hydrogen-bond acceptors (Lipinski definition) is 4. The second kappa shape index (κ2) is 8.43. The Morgan fingerprint density at radius 1 is 1.36 bits per heavy atom. The molecule has 0 bridgehead atoms. The highest BCUT2D eigenvalue weighted by molar-refractivity contribution is 6.55. The van der Waals surface area contributed by atoms with Crippen LogP contribution in [0.15, 0.2) is 58.8 Å². The number of esters is 1. The van der Waals surface area contributed by atoms with E-state index < -0.39 is 12.1 Å². The van der Waals surface area contributed by atoms with Crippen LogP contribution in [0.4, 0.5) is 0 Å². The van der Waals surface area contributed by atoms with Crippen LogP contribution in [0, 0.1) is 28.6 Å². The molecule has 3 rings (SSSR count). The predicted octanol–water partition coefficient (Wildman–Crippen LogP) is 6.00. The Bertz CT molecular complexity index is 891. The molecule has 146 valence electrons. The minimum atomic E-state index is -1.01. The lowest BCUT2D eigenvalue weighted by molar-refractivity contribution is -0.149. The van der Waals surface area contributed by atoms with Crippen LogP contribution in [-0.4, -0.2) is 5.97 Å². The van der Waals surface area contributed by atoms with Gasteiger partial charge in [-0.2, -0.15) is 5.26 Å². The molecular weight excluding hydrogens is 397 g/mol. The summed E-state index contributed by atoms with van der Waals surface area (Å²) in [7, 11) is 0. The maximum atomic E-state index is 12.6. The summed E-state index contributed by atoms with van der Waals surface area (Å²) in [5.41, 5.74) is 0.256. The Hall–Kier alpha value is -2.22. The van der Waals surface area contributed by atoms with Gasteiger partial charge in [-0.3, -0.25) is 4.79 Å². The van der Waals surface area contributed by atoms with E-state index in [0.29, 0.717) is 11.3 Å². The second-order valence-electron chi connectivity index (χ2n) is 7.49. The summed E-state index contributed by atoms with van der Waals surface area (Å²) < 4.78 is 11.5. The summed E-state index contributed by atoms with van der Waals surface area (Å²) in [6, 6.07) is 9.08. The van der Waals surface area contributed by atoms with E-state index in [-0.39, 0.29) is 21.7 Å². The summed E-state index contributed by atoms with van der Waals surface area (Å²) in [5.74, 6) is 0.433. The van der Waals surface area contributed by atoms with E-state index in [1.807, 2.05) is 32.1 Å². The quantitative estimate of drug-likeness (QED) is 0.532. The van der Waals surface area contributed by atoms with Gasteiger partial charge in [-0.1, -0.05) is 55.3 Å². The molecule has 0 amide bonds. The van der Waals surface area contributed by atoms with Gasteiger partial charge in [-0.25, -0.2) is 0 Å². The van der Waals surface area contributed by atoms with E-state index in [0.717, 1.165) is 18.6 Å². The Labute approximate surface area is 175 Å². The number of carbonyl (C=O) groups excluding carboxylic acids is 1. The third kappa shape index (κ3) is 4.60. The first-order chi connectivity index (χ1) is 13.3. The van der Waals surface area contributed by atoms with E-state index in [1.165, 1.54) is 0 Å². The van der Waals surface area contributed by atoms with Crippen LogP contribution in [0.2, 0.25) is 0 Å². The van der Waals surface area contributed by atoms with Crippen molar-refractivity contribution in [3.05, 3.63) is 64.4 Å². The minimum Gasteiger partial charge on any atom is -0.458 e. The van der Waals surface area contributed by atoms with Crippen LogP contribution in [0.5, 0.6) is 5.75 Å². The summed E-state index contributed by atoms with van der Waals surface area (Å²) >= 11 is 11.5. The number of benzene rings is 1. The van der Waals surface area contributed by atoms with Crippen molar-refractivity contribution in [2.24, 2.45) is 17.3 Å². The van der Waals surface area contributed by atoms with Gasteiger partial charge in [0.05, 0.1) is 5.92 Å². The van der Waals surface area contributed by atoms with Gasteiger partial charge >= 0.3 is 5.97 Å². The first-order valence-electron chi connectivity index (χ1n) is 9.10. The first-order valence-corrected chi connectivity index (χ1v) is 9.86. The second-order valence-corrected chi connectivity index (χ2v) is 8.50. The zero-order valence-electron chi connectivity index (χ0n) is 15.7. The Balaban J connectivity index is 1.70. The van der Waals surface area contributed by atoms with Gasteiger partial charge in [0.25, 0.3) is 0 Å². The lowest BCUT2D eigenvalue weighted by atomic mass is 10.1. The normalized spacial score (nSPS) is 23.0. The molecule has 1 fully saturated rings. The van der Waals surface area contributed by atoms with Gasteiger partial charge < -0.3 is 9.47 Å². The SMILES string of the molecule is CC1(C)[C@H](C=C(Cl)Cl)[C@@H]1C(=O)O[C@@H](C#N)c1cccc(OC2=CCCC=C2)c1. The van der Waals surface area contributed by atoms with E-state index in [1.54, 1.807) is 30.3 Å². The maximum absolute atomic E-state index is 12.6. The van der Waals surface area contributed by atoms with E-state index >= 15 is 0 Å². The van der Waals surface area contributed by atoms with Crippen LogP contribution in [0.3, 0.4) is 0 Å². The molecule has 1 saturated carbocycles. The fraction of sp³-hybridized carbons (Fsp3) is 0.364. The predicted molar refractivity (Wildman–Crippen MR) is 109 cm³/mol. The highest BCUT2D eigenvalue weighted by Crippen LogP contribution is 2.60. The molecule has 2 aliphatic rings. The third-order valence-corrected chi connectivity index (χ3v) is 5.43. The van der Waals surface area contributed by atoms with Crippen molar-refractivity contribution in [2.45, 2.75) is 32.8 Å². The summed E-state index contributed by atoms with van der Waals surface area (Å²) in [6.07, 6.45) is 8.55. The molecule has 1 aromatic rings. The van der Waals surface area contributed by atoms with Crippen LogP contribution in [0.1, 0.15) is 38.4 Å². The van der Waals surface area contributed by atoms with E-state index in [9.17, 15) is 10.1 Å². The van der Waals surface area contributed by atoms with Crippen molar-refractivity contribution < 1.29 is 14.3 Å². The fourth-order valence-corrected chi connectivity index (χ4v) is 3.75. The van der Waals surface area contributed by atoms with Gasteiger partial charge in [0.1, 0.15) is 22.1 Å². The molecule has 6 heteroatoms. The largest absolute Gasteiger partial charge is 0.458 e. The molecule has 0 N–H and O–H groups in total. The van der Waals surface area contributed by atoms with Crippen LogP contribution in [0.25, 0.3) is 0 Å². The number of carbonyl (C=O) groups is 1. The molecular formula is C22H21Cl2NO3. The molecule has 0 heterocycles. The molecule has 3 atom stereocenters. The van der Waals surface area contributed by atoms with Gasteiger partial charge in [0.15, 0.2) is 0 Å². The fourth-order valence-electron chi connectivity index (χ4n) is 3.48. The minimum absolute atomic E-state index is 0.107. The van der Waals surface area contributed by atoms with E-state index in [2.05, 4.69) is 6.07 Å². The van der Waals surface area contributed by atoms with E-state index in [4.69, 9.17) is 32.7 Å². The van der Waals surface area contributed by atoms with Crippen molar-refractivity contribution in [3.8, 4) is 11.8 Å². The molecule has 0 aromatic heterocycles. The molecule has 0 unspecified atom stereocenters. The molecule has 0 spiro atoms. The highest BCUT2D eigenvalue weighted by atomic mass is 35.5. The van der Waals surface area contributed by atoms with Crippen molar-refractivity contribution in [1.82, 2.24) is 0 Å². The highest BCUT2D eigenvalue weighted by Gasteiger charge is 2.62. The standard InChI is InChI=1S/C22H21Cl2NO3/c1-22(2)17(12-19(23)24)20(22)21(26)28-18(13-25)14-7-6-10-16(11-14)27-15-8-4-3-5-9-15/h4,6-12,17-18,20H,3,5H2,1-2H3/t17-,18+,20-/m1/s1. The van der Waals surface area contributed by atoms with Crippen molar-refractivity contribution >= 4 is 29.2 Å². The van der Waals surface area contributed by atoms with Crippen LogP contribution in [-0.2, 0) is 9.53 Å². The van der Waals surface area contributed by atoms with Crippen molar-refractivity contribution in [1.29, 1.82) is 5.26 Å². The maximum Gasteiger partial charge on any atom is 0.311 e. The molecule has 0 radical (unpaired) electrons. The molecule has 28 heavy (non-hydrogen) atoms. The number of halogens is 2. The lowest BCUT2D eigenvalue weighted by Crippen LogP contribution is -2.14. The number of ether oxygens (including phenoxy) is 2. The molecule has 0 aliphatic heterocycles. The van der Waals surface area contributed by atoms with Crippen molar-refractivity contribution in [3.63, 3.8) is 0 Å². The lowest BCUT2D eigenvalue weighted by Gasteiger charge is -2.14. The molecule has 4 nitrogen and oxygen atoms in total. The van der Waals surface area contributed by atoms with Crippen LogP contribution >= 0.6 is 23.2 Å². The third-order valence-electron chi connectivity index (χ3n) is 5.18. The van der Waals surface area contributed by atoms with Gasteiger partial charge in [-0.05, 0) is 54.5 Å². The average Bonchev–Trinajstić information content (AvgIpc) is 3.20. The van der Waals surface area contributed by atoms with Gasteiger partial charge in [0.2, 0.25) is 6.10 Å². The number of hydrogen-bond donors (Lipinski definition) is 0. The Morgan fingerprint density at radius 2 is 2.14 bits per heavy atom. The number of nitrogens with zero attached hydrogens (tertiary/aromatic N) is 1. The number of rotatable bonds is 6. The average molecular weight is 418 g/mol. The topological polar surface area (TPSA) is 59.3 Å². The molecule has 1 aromatic carbocycles. The zero-order valence-corrected chi connectivity index (χ0v) is 17.2. The number of nitriles is 1. The van der Waals surface area contributed by atoms with Crippen molar-refractivity contribution in [2.75, 3.05) is 0 Å². The Morgan fingerprint density at radius 3 is 2.79 bits per heavy atom. The van der Waals surface area contributed by atoms with Gasteiger partial charge in [0, 0.05) is 5.56 Å². The smallest absolute Gasteiger partial charge is 0.311 e. The number of allylic oxidation sites excluding steroid dienone is 4. The van der Waals surface area contributed by atoms with Gasteiger partial charge in [-0.15, -0.1) is 0 Å². The summed E-state index contributed by atoms with van der Waals surface area (Å²) in [5, 5.41) is 9.54. The molecule has 0 saturated heterocycles. The first kappa shape index (κ1) is 20.5. The summed E-state index contributed by atoms with van der Waals surface area (Å²) in [4.78, 5) is 12.6.